The van der Waals surface area contributed by atoms with Crippen molar-refractivity contribution in [3.05, 3.63) is 34.9 Å². The van der Waals surface area contributed by atoms with Crippen LogP contribution >= 0.6 is 0 Å². The predicted octanol–water partition coefficient (Wildman–Crippen LogP) is 3.58. The van der Waals surface area contributed by atoms with Crippen LogP contribution in [0.4, 0.5) is 0 Å². The van der Waals surface area contributed by atoms with E-state index in [4.69, 9.17) is 0 Å². The van der Waals surface area contributed by atoms with Gasteiger partial charge >= 0.3 is 0 Å². The minimum atomic E-state index is 0.935. The average Bonchev–Trinajstić information content (AvgIpc) is 2.75. The van der Waals surface area contributed by atoms with Gasteiger partial charge in [-0.25, -0.2) is 0 Å². The fourth-order valence-electron chi connectivity index (χ4n) is 2.74. The van der Waals surface area contributed by atoms with Gasteiger partial charge in [-0.3, -0.25) is 0 Å². The number of benzene rings is 1. The standard InChI is InChI=1S/C15H23N/c1-12-6-5-7-13(2)15(12)11-16-10-14-8-3-4-9-14/h5-7,14,16H,3-4,8-11H2,1-2H3. The Morgan fingerprint density at radius 2 is 1.75 bits per heavy atom. The van der Waals surface area contributed by atoms with Crippen molar-refractivity contribution in [2.24, 2.45) is 5.92 Å². The Morgan fingerprint density at radius 3 is 2.38 bits per heavy atom. The van der Waals surface area contributed by atoms with Crippen LogP contribution in [0.25, 0.3) is 0 Å². The van der Waals surface area contributed by atoms with Crippen LogP contribution in [0.3, 0.4) is 0 Å². The van der Waals surface area contributed by atoms with Crippen LogP contribution in [0.5, 0.6) is 0 Å². The van der Waals surface area contributed by atoms with Gasteiger partial charge in [-0.2, -0.15) is 0 Å². The highest BCUT2D eigenvalue weighted by atomic mass is 14.9. The lowest BCUT2D eigenvalue weighted by Crippen LogP contribution is -2.21. The maximum atomic E-state index is 3.63. The molecule has 0 radical (unpaired) electrons. The highest BCUT2D eigenvalue weighted by molar-refractivity contribution is 5.33. The minimum absolute atomic E-state index is 0.935. The highest BCUT2D eigenvalue weighted by Crippen LogP contribution is 2.24. The van der Waals surface area contributed by atoms with Gasteiger partial charge in [-0.15, -0.1) is 0 Å². The van der Waals surface area contributed by atoms with E-state index in [1.54, 1.807) is 0 Å². The number of hydrogen-bond acceptors (Lipinski definition) is 1. The van der Waals surface area contributed by atoms with Crippen LogP contribution in [0.2, 0.25) is 0 Å². The molecule has 0 aliphatic heterocycles. The molecular formula is C15H23N. The molecule has 1 saturated carbocycles. The van der Waals surface area contributed by atoms with Gasteiger partial charge < -0.3 is 5.32 Å². The van der Waals surface area contributed by atoms with Crippen LogP contribution in [-0.2, 0) is 6.54 Å². The summed E-state index contributed by atoms with van der Waals surface area (Å²) in [7, 11) is 0. The summed E-state index contributed by atoms with van der Waals surface area (Å²) >= 11 is 0. The molecule has 1 N–H and O–H groups in total. The van der Waals surface area contributed by atoms with E-state index in [1.165, 1.54) is 48.9 Å². The van der Waals surface area contributed by atoms with Crippen molar-refractivity contribution < 1.29 is 0 Å². The van der Waals surface area contributed by atoms with Gasteiger partial charge in [0.05, 0.1) is 0 Å². The van der Waals surface area contributed by atoms with E-state index in [0.717, 1.165) is 12.5 Å². The first kappa shape index (κ1) is 11.7. The van der Waals surface area contributed by atoms with Crippen LogP contribution in [-0.4, -0.2) is 6.54 Å². The average molecular weight is 217 g/mol. The Balaban J connectivity index is 1.84. The summed E-state index contributed by atoms with van der Waals surface area (Å²) in [5.41, 5.74) is 4.32. The van der Waals surface area contributed by atoms with Gasteiger partial charge in [-0.05, 0) is 55.8 Å². The first-order valence-electron chi connectivity index (χ1n) is 6.53. The highest BCUT2D eigenvalue weighted by Gasteiger charge is 2.14. The van der Waals surface area contributed by atoms with E-state index in [9.17, 15) is 0 Å². The van der Waals surface area contributed by atoms with Gasteiger partial charge in [0.15, 0.2) is 0 Å². The fourth-order valence-corrected chi connectivity index (χ4v) is 2.74. The molecule has 0 saturated heterocycles. The Morgan fingerprint density at radius 1 is 1.12 bits per heavy atom. The Hall–Kier alpha value is -0.820. The monoisotopic (exact) mass is 217 g/mol. The molecule has 0 unspecified atom stereocenters. The van der Waals surface area contributed by atoms with Gasteiger partial charge in [0.1, 0.15) is 0 Å². The molecule has 1 heteroatoms. The molecule has 1 fully saturated rings. The molecule has 0 atom stereocenters. The quantitative estimate of drug-likeness (QED) is 0.813. The van der Waals surface area contributed by atoms with Crippen molar-refractivity contribution in [3.8, 4) is 0 Å². The summed E-state index contributed by atoms with van der Waals surface area (Å²) in [4.78, 5) is 0. The topological polar surface area (TPSA) is 12.0 Å². The first-order chi connectivity index (χ1) is 7.77. The van der Waals surface area contributed by atoms with Crippen LogP contribution < -0.4 is 5.32 Å². The zero-order valence-electron chi connectivity index (χ0n) is 10.6. The summed E-state index contributed by atoms with van der Waals surface area (Å²) in [6.45, 7) is 6.65. The third-order valence-corrected chi connectivity index (χ3v) is 3.85. The molecule has 0 spiro atoms. The molecule has 0 bridgehead atoms. The molecule has 1 aromatic rings. The molecule has 1 aromatic carbocycles. The second-order valence-corrected chi connectivity index (χ2v) is 5.15. The molecule has 0 heterocycles. The van der Waals surface area contributed by atoms with Crippen molar-refractivity contribution in [3.63, 3.8) is 0 Å². The molecule has 1 nitrogen and oxygen atoms in total. The van der Waals surface area contributed by atoms with Crippen molar-refractivity contribution in [2.75, 3.05) is 6.54 Å². The van der Waals surface area contributed by atoms with Crippen molar-refractivity contribution >= 4 is 0 Å². The minimum Gasteiger partial charge on any atom is -0.312 e. The first-order valence-corrected chi connectivity index (χ1v) is 6.53. The van der Waals surface area contributed by atoms with Crippen LogP contribution in [0.1, 0.15) is 42.4 Å². The van der Waals surface area contributed by atoms with Gasteiger partial charge in [0, 0.05) is 6.54 Å². The molecule has 88 valence electrons. The van der Waals surface area contributed by atoms with E-state index in [1.807, 2.05) is 0 Å². The molecule has 16 heavy (non-hydrogen) atoms. The van der Waals surface area contributed by atoms with E-state index in [-0.39, 0.29) is 0 Å². The van der Waals surface area contributed by atoms with E-state index >= 15 is 0 Å². The van der Waals surface area contributed by atoms with E-state index in [0.29, 0.717) is 0 Å². The summed E-state index contributed by atoms with van der Waals surface area (Å²) in [5.74, 6) is 0.935. The third-order valence-electron chi connectivity index (χ3n) is 3.85. The van der Waals surface area contributed by atoms with E-state index in [2.05, 4.69) is 37.4 Å². The second-order valence-electron chi connectivity index (χ2n) is 5.15. The maximum Gasteiger partial charge on any atom is 0.0210 e. The lowest BCUT2D eigenvalue weighted by atomic mass is 10.0. The molecule has 2 rings (SSSR count). The number of aryl methyl sites for hydroxylation is 2. The predicted molar refractivity (Wildman–Crippen MR) is 69.6 cm³/mol. The van der Waals surface area contributed by atoms with Gasteiger partial charge in [0.25, 0.3) is 0 Å². The third kappa shape index (κ3) is 2.85. The zero-order valence-corrected chi connectivity index (χ0v) is 10.6. The Labute approximate surface area is 99.3 Å². The molecular weight excluding hydrogens is 194 g/mol. The zero-order chi connectivity index (χ0) is 11.4. The second kappa shape index (κ2) is 5.49. The molecule has 0 amide bonds. The van der Waals surface area contributed by atoms with Crippen LogP contribution in [0, 0.1) is 19.8 Å². The largest absolute Gasteiger partial charge is 0.312 e. The molecule has 1 aliphatic carbocycles. The number of rotatable bonds is 4. The van der Waals surface area contributed by atoms with Gasteiger partial charge in [0.2, 0.25) is 0 Å². The summed E-state index contributed by atoms with van der Waals surface area (Å²) in [6, 6.07) is 6.56. The molecule has 1 aliphatic rings. The normalized spacial score (nSPS) is 16.9. The fraction of sp³-hybridized carbons (Fsp3) is 0.600. The van der Waals surface area contributed by atoms with E-state index < -0.39 is 0 Å². The van der Waals surface area contributed by atoms with Gasteiger partial charge in [-0.1, -0.05) is 31.0 Å². The molecule has 0 aromatic heterocycles. The summed E-state index contributed by atoms with van der Waals surface area (Å²) in [6.07, 6.45) is 5.74. The SMILES string of the molecule is Cc1cccc(C)c1CNCC1CCCC1. The summed E-state index contributed by atoms with van der Waals surface area (Å²) < 4.78 is 0. The Bertz CT molecular complexity index is 317. The maximum absolute atomic E-state index is 3.63. The lowest BCUT2D eigenvalue weighted by Gasteiger charge is -2.13. The number of hydrogen-bond donors (Lipinski definition) is 1. The summed E-state index contributed by atoms with van der Waals surface area (Å²) in [5, 5.41) is 3.63. The van der Waals surface area contributed by atoms with Crippen molar-refractivity contribution in [2.45, 2.75) is 46.1 Å². The van der Waals surface area contributed by atoms with Crippen molar-refractivity contribution in [1.29, 1.82) is 0 Å². The smallest absolute Gasteiger partial charge is 0.0210 e. The lowest BCUT2D eigenvalue weighted by molar-refractivity contribution is 0.488. The van der Waals surface area contributed by atoms with Crippen molar-refractivity contribution in [1.82, 2.24) is 5.32 Å². The van der Waals surface area contributed by atoms with Crippen LogP contribution in [0.15, 0.2) is 18.2 Å². The Kier molecular flexibility index (Phi) is 4.00. The number of nitrogens with one attached hydrogen (secondary N) is 1.